The summed E-state index contributed by atoms with van der Waals surface area (Å²) in [5, 5.41) is 6.10. The second-order valence-electron chi connectivity index (χ2n) is 3.26. The molecular formula is C11H11ClN2S. The van der Waals surface area contributed by atoms with Gasteiger partial charge in [-0.1, -0.05) is 23.7 Å². The Morgan fingerprint density at radius 1 is 1.40 bits per heavy atom. The van der Waals surface area contributed by atoms with E-state index in [9.17, 15) is 0 Å². The summed E-state index contributed by atoms with van der Waals surface area (Å²) < 4.78 is 0. The second kappa shape index (κ2) is 4.64. The van der Waals surface area contributed by atoms with Gasteiger partial charge in [0.15, 0.2) is 0 Å². The number of para-hydroxylation sites is 1. The highest BCUT2D eigenvalue weighted by molar-refractivity contribution is 7.07. The lowest BCUT2D eigenvalue weighted by atomic mass is 10.2. The predicted molar refractivity (Wildman–Crippen MR) is 65.6 cm³/mol. The van der Waals surface area contributed by atoms with Crippen molar-refractivity contribution in [1.29, 1.82) is 0 Å². The molecule has 0 amide bonds. The van der Waals surface area contributed by atoms with Crippen molar-refractivity contribution < 1.29 is 0 Å². The van der Waals surface area contributed by atoms with Gasteiger partial charge in [0.25, 0.3) is 0 Å². The van der Waals surface area contributed by atoms with Gasteiger partial charge in [-0.05, 0) is 19.1 Å². The summed E-state index contributed by atoms with van der Waals surface area (Å²) in [6.07, 6.45) is 0. The molecule has 0 saturated carbocycles. The van der Waals surface area contributed by atoms with Crippen LogP contribution in [0.15, 0.2) is 35.2 Å². The molecule has 0 fully saturated rings. The Morgan fingerprint density at radius 2 is 2.20 bits per heavy atom. The maximum Gasteiger partial charge on any atom is 0.0795 e. The summed E-state index contributed by atoms with van der Waals surface area (Å²) in [7, 11) is 0. The average Bonchev–Trinajstić information content (AvgIpc) is 2.74. The van der Waals surface area contributed by atoms with Gasteiger partial charge in [0, 0.05) is 5.38 Å². The van der Waals surface area contributed by atoms with E-state index in [1.807, 2.05) is 35.2 Å². The standard InChI is InChI=1S/C11H11ClN2S/c1-8(11-6-15-7-13-11)14-10-5-3-2-4-9(10)12/h2-8,14H,1H3. The predicted octanol–water partition coefficient (Wildman–Crippen LogP) is 3.97. The SMILES string of the molecule is CC(Nc1ccccc1Cl)c1cscn1. The van der Waals surface area contributed by atoms with Gasteiger partial charge in [-0.25, -0.2) is 4.98 Å². The Hall–Kier alpha value is -1.06. The molecule has 2 nitrogen and oxygen atoms in total. The topological polar surface area (TPSA) is 24.9 Å². The van der Waals surface area contributed by atoms with Crippen molar-refractivity contribution in [3.63, 3.8) is 0 Å². The molecule has 0 radical (unpaired) electrons. The molecule has 1 heterocycles. The molecule has 15 heavy (non-hydrogen) atoms. The first-order valence-corrected chi connectivity index (χ1v) is 5.98. The number of hydrogen-bond acceptors (Lipinski definition) is 3. The van der Waals surface area contributed by atoms with Crippen LogP contribution < -0.4 is 5.32 Å². The molecule has 0 aliphatic carbocycles. The van der Waals surface area contributed by atoms with Gasteiger partial charge >= 0.3 is 0 Å². The van der Waals surface area contributed by atoms with Crippen molar-refractivity contribution in [1.82, 2.24) is 4.98 Å². The highest BCUT2D eigenvalue weighted by Gasteiger charge is 2.08. The third kappa shape index (κ3) is 2.49. The summed E-state index contributed by atoms with van der Waals surface area (Å²) in [5.74, 6) is 0. The van der Waals surface area contributed by atoms with E-state index >= 15 is 0 Å². The Morgan fingerprint density at radius 3 is 2.87 bits per heavy atom. The highest BCUT2D eigenvalue weighted by Crippen LogP contribution is 2.25. The Kier molecular flexibility index (Phi) is 3.23. The van der Waals surface area contributed by atoms with Crippen LogP contribution in [0.5, 0.6) is 0 Å². The minimum atomic E-state index is 0.177. The van der Waals surface area contributed by atoms with Gasteiger partial charge in [0.2, 0.25) is 0 Å². The number of rotatable bonds is 3. The fourth-order valence-electron chi connectivity index (χ4n) is 1.32. The largest absolute Gasteiger partial charge is 0.376 e. The van der Waals surface area contributed by atoms with Crippen LogP contribution in [0.1, 0.15) is 18.7 Å². The fraction of sp³-hybridized carbons (Fsp3) is 0.182. The minimum Gasteiger partial charge on any atom is -0.376 e. The quantitative estimate of drug-likeness (QED) is 0.875. The molecule has 1 atom stereocenters. The van der Waals surface area contributed by atoms with E-state index in [0.717, 1.165) is 16.4 Å². The lowest BCUT2D eigenvalue weighted by Crippen LogP contribution is -2.06. The summed E-state index contributed by atoms with van der Waals surface area (Å²) in [5.41, 5.74) is 3.82. The molecule has 2 aromatic rings. The molecule has 78 valence electrons. The van der Waals surface area contributed by atoms with Crippen LogP contribution in [-0.2, 0) is 0 Å². The summed E-state index contributed by atoms with van der Waals surface area (Å²) >= 11 is 7.65. The van der Waals surface area contributed by atoms with Gasteiger partial charge in [0.05, 0.1) is 28.0 Å². The molecule has 0 bridgehead atoms. The number of benzene rings is 1. The van der Waals surface area contributed by atoms with Crippen LogP contribution >= 0.6 is 22.9 Å². The van der Waals surface area contributed by atoms with Crippen LogP contribution in [0.25, 0.3) is 0 Å². The number of aromatic nitrogens is 1. The summed E-state index contributed by atoms with van der Waals surface area (Å²) in [6.45, 7) is 2.07. The third-order valence-corrected chi connectivity index (χ3v) is 3.08. The van der Waals surface area contributed by atoms with Crippen LogP contribution in [0, 0.1) is 0 Å². The van der Waals surface area contributed by atoms with Gasteiger partial charge in [0.1, 0.15) is 0 Å². The lowest BCUT2D eigenvalue weighted by Gasteiger charge is -2.13. The van der Waals surface area contributed by atoms with Gasteiger partial charge < -0.3 is 5.32 Å². The van der Waals surface area contributed by atoms with Gasteiger partial charge in [-0.15, -0.1) is 11.3 Å². The number of nitrogens with zero attached hydrogens (tertiary/aromatic N) is 1. The monoisotopic (exact) mass is 238 g/mol. The Bertz CT molecular complexity index is 428. The molecule has 0 spiro atoms. The van der Waals surface area contributed by atoms with Crippen LogP contribution in [0.2, 0.25) is 5.02 Å². The molecule has 1 aromatic heterocycles. The maximum absolute atomic E-state index is 6.05. The van der Waals surface area contributed by atoms with E-state index in [2.05, 4.69) is 17.2 Å². The van der Waals surface area contributed by atoms with E-state index < -0.39 is 0 Å². The first-order valence-electron chi connectivity index (χ1n) is 4.66. The lowest BCUT2D eigenvalue weighted by molar-refractivity contribution is 0.850. The van der Waals surface area contributed by atoms with Crippen molar-refractivity contribution in [2.24, 2.45) is 0 Å². The third-order valence-electron chi connectivity index (χ3n) is 2.14. The number of nitrogens with one attached hydrogen (secondary N) is 1. The maximum atomic E-state index is 6.05. The summed E-state index contributed by atoms with van der Waals surface area (Å²) in [6, 6.07) is 7.89. The van der Waals surface area contributed by atoms with Crippen LogP contribution in [0.3, 0.4) is 0 Å². The number of halogens is 1. The minimum absolute atomic E-state index is 0.177. The van der Waals surface area contributed by atoms with Crippen molar-refractivity contribution in [3.8, 4) is 0 Å². The molecular weight excluding hydrogens is 228 g/mol. The van der Waals surface area contributed by atoms with E-state index in [1.54, 1.807) is 11.3 Å². The molecule has 4 heteroatoms. The highest BCUT2D eigenvalue weighted by atomic mass is 35.5. The zero-order chi connectivity index (χ0) is 10.7. The molecule has 0 aliphatic heterocycles. The Balaban J connectivity index is 2.13. The van der Waals surface area contributed by atoms with Crippen molar-refractivity contribution in [2.75, 3.05) is 5.32 Å². The van der Waals surface area contributed by atoms with Gasteiger partial charge in [-0.3, -0.25) is 0 Å². The first kappa shape index (κ1) is 10.5. The molecule has 0 aliphatic rings. The molecule has 0 saturated heterocycles. The first-order chi connectivity index (χ1) is 7.27. The van der Waals surface area contributed by atoms with E-state index in [4.69, 9.17) is 11.6 Å². The molecule has 2 rings (SSSR count). The molecule has 1 N–H and O–H groups in total. The zero-order valence-corrected chi connectivity index (χ0v) is 9.85. The van der Waals surface area contributed by atoms with E-state index in [0.29, 0.717) is 0 Å². The second-order valence-corrected chi connectivity index (χ2v) is 4.39. The van der Waals surface area contributed by atoms with Crippen LogP contribution in [-0.4, -0.2) is 4.98 Å². The van der Waals surface area contributed by atoms with Crippen molar-refractivity contribution >= 4 is 28.6 Å². The van der Waals surface area contributed by atoms with Crippen molar-refractivity contribution in [2.45, 2.75) is 13.0 Å². The smallest absolute Gasteiger partial charge is 0.0795 e. The van der Waals surface area contributed by atoms with E-state index in [1.165, 1.54) is 0 Å². The fourth-order valence-corrected chi connectivity index (χ4v) is 2.16. The normalized spacial score (nSPS) is 12.4. The average molecular weight is 239 g/mol. The zero-order valence-electron chi connectivity index (χ0n) is 8.27. The molecule has 1 unspecified atom stereocenters. The Labute approximate surface area is 97.9 Å². The number of thiazole rings is 1. The number of hydrogen-bond donors (Lipinski definition) is 1. The van der Waals surface area contributed by atoms with E-state index in [-0.39, 0.29) is 6.04 Å². The van der Waals surface area contributed by atoms with Crippen LogP contribution in [0.4, 0.5) is 5.69 Å². The number of anilines is 1. The van der Waals surface area contributed by atoms with Crippen molar-refractivity contribution in [3.05, 3.63) is 45.9 Å². The molecule has 1 aromatic carbocycles. The summed E-state index contributed by atoms with van der Waals surface area (Å²) in [4.78, 5) is 4.25. The van der Waals surface area contributed by atoms with Gasteiger partial charge in [-0.2, -0.15) is 0 Å².